The van der Waals surface area contributed by atoms with Crippen LogP contribution in [0.15, 0.2) is 48.8 Å². The zero-order valence-electron chi connectivity index (χ0n) is 16.4. The molecule has 3 aromatic rings. The molecule has 0 radical (unpaired) electrons. The predicted octanol–water partition coefficient (Wildman–Crippen LogP) is 4.79. The van der Waals surface area contributed by atoms with Gasteiger partial charge in [0.15, 0.2) is 0 Å². The van der Waals surface area contributed by atoms with Crippen LogP contribution in [0.3, 0.4) is 0 Å². The molecular formula is C23H22ClN3O2S. The van der Waals surface area contributed by atoms with Crippen molar-refractivity contribution in [1.29, 1.82) is 0 Å². The molecule has 1 aliphatic rings. The van der Waals surface area contributed by atoms with E-state index in [0.29, 0.717) is 22.1 Å². The van der Waals surface area contributed by atoms with Crippen LogP contribution in [0.4, 0.5) is 5.00 Å². The number of hydrogen-bond donors (Lipinski definition) is 2. The summed E-state index contributed by atoms with van der Waals surface area (Å²) in [6.45, 7) is 0.398. The Bertz CT molecular complexity index is 1050. The second-order valence-corrected chi connectivity index (χ2v) is 8.85. The molecule has 2 aromatic heterocycles. The molecule has 2 amide bonds. The highest BCUT2D eigenvalue weighted by atomic mass is 35.5. The first-order valence-electron chi connectivity index (χ1n) is 9.96. The van der Waals surface area contributed by atoms with Gasteiger partial charge in [-0.2, -0.15) is 0 Å². The van der Waals surface area contributed by atoms with Crippen LogP contribution in [0.25, 0.3) is 0 Å². The average molecular weight is 440 g/mol. The molecule has 1 aromatic carbocycles. The Hall–Kier alpha value is -2.70. The molecule has 4 rings (SSSR count). The van der Waals surface area contributed by atoms with E-state index in [-0.39, 0.29) is 18.2 Å². The molecule has 0 aliphatic heterocycles. The van der Waals surface area contributed by atoms with Gasteiger partial charge in [-0.15, -0.1) is 11.3 Å². The Kier molecular flexibility index (Phi) is 6.45. The van der Waals surface area contributed by atoms with Crippen LogP contribution >= 0.6 is 22.9 Å². The molecule has 2 heterocycles. The minimum Gasteiger partial charge on any atom is -0.348 e. The molecule has 0 atom stereocenters. The van der Waals surface area contributed by atoms with E-state index in [2.05, 4.69) is 15.6 Å². The highest BCUT2D eigenvalue weighted by Gasteiger charge is 2.26. The first kappa shape index (κ1) is 20.6. The van der Waals surface area contributed by atoms with Gasteiger partial charge in [-0.05, 0) is 60.6 Å². The van der Waals surface area contributed by atoms with Crippen molar-refractivity contribution in [3.05, 3.63) is 80.9 Å². The van der Waals surface area contributed by atoms with Crippen LogP contribution < -0.4 is 10.6 Å². The van der Waals surface area contributed by atoms with Crippen LogP contribution in [-0.4, -0.2) is 16.8 Å². The highest BCUT2D eigenvalue weighted by Crippen LogP contribution is 2.38. The number of nitrogens with one attached hydrogen (secondary N) is 2. The number of thiophene rings is 1. The Morgan fingerprint density at radius 1 is 1.07 bits per heavy atom. The number of anilines is 1. The number of amides is 2. The van der Waals surface area contributed by atoms with Crippen LogP contribution in [0.5, 0.6) is 0 Å². The summed E-state index contributed by atoms with van der Waals surface area (Å²) in [6, 6.07) is 11.0. The third-order valence-corrected chi connectivity index (χ3v) is 6.56. The molecule has 7 heteroatoms. The summed E-state index contributed by atoms with van der Waals surface area (Å²) in [6.07, 6.45) is 7.67. The van der Waals surface area contributed by atoms with Gasteiger partial charge in [0.1, 0.15) is 5.00 Å². The number of pyridine rings is 1. The Morgan fingerprint density at radius 2 is 1.87 bits per heavy atom. The highest BCUT2D eigenvalue weighted by molar-refractivity contribution is 7.17. The van der Waals surface area contributed by atoms with Crippen LogP contribution in [0.1, 0.15) is 44.8 Å². The third-order valence-electron chi connectivity index (χ3n) is 5.11. The maximum atomic E-state index is 13.1. The van der Waals surface area contributed by atoms with Gasteiger partial charge in [0.2, 0.25) is 5.91 Å². The quantitative estimate of drug-likeness (QED) is 0.580. The van der Waals surface area contributed by atoms with Crippen molar-refractivity contribution in [2.75, 3.05) is 5.32 Å². The van der Waals surface area contributed by atoms with Gasteiger partial charge in [-0.1, -0.05) is 29.8 Å². The summed E-state index contributed by atoms with van der Waals surface area (Å²) in [4.78, 5) is 31.0. The van der Waals surface area contributed by atoms with Crippen molar-refractivity contribution < 1.29 is 9.59 Å². The van der Waals surface area contributed by atoms with Crippen molar-refractivity contribution in [3.8, 4) is 0 Å². The van der Waals surface area contributed by atoms with Crippen molar-refractivity contribution in [2.45, 2.75) is 38.6 Å². The van der Waals surface area contributed by atoms with Crippen molar-refractivity contribution in [3.63, 3.8) is 0 Å². The van der Waals surface area contributed by atoms with E-state index in [1.807, 2.05) is 24.3 Å². The average Bonchev–Trinajstić information content (AvgIpc) is 3.12. The number of rotatable bonds is 6. The number of carbonyl (C=O) groups is 2. The molecular weight excluding hydrogens is 418 g/mol. The lowest BCUT2D eigenvalue weighted by Crippen LogP contribution is -2.25. The van der Waals surface area contributed by atoms with E-state index in [1.54, 1.807) is 24.5 Å². The van der Waals surface area contributed by atoms with Gasteiger partial charge < -0.3 is 10.6 Å². The zero-order chi connectivity index (χ0) is 20.9. The second-order valence-electron chi connectivity index (χ2n) is 7.31. The largest absolute Gasteiger partial charge is 0.348 e. The number of nitrogens with zero attached hydrogens (tertiary/aromatic N) is 1. The summed E-state index contributed by atoms with van der Waals surface area (Å²) in [7, 11) is 0. The van der Waals surface area contributed by atoms with E-state index in [9.17, 15) is 9.59 Å². The fraction of sp³-hybridized carbons (Fsp3) is 0.261. The predicted molar refractivity (Wildman–Crippen MR) is 120 cm³/mol. The van der Waals surface area contributed by atoms with E-state index in [0.717, 1.165) is 42.4 Å². The topological polar surface area (TPSA) is 71.1 Å². The van der Waals surface area contributed by atoms with Crippen molar-refractivity contribution >= 4 is 39.8 Å². The lowest BCUT2D eigenvalue weighted by Gasteiger charge is -2.13. The molecule has 0 unspecified atom stereocenters. The smallest absolute Gasteiger partial charge is 0.254 e. The standard InChI is InChI=1S/C23H22ClN3O2S/c24-17-9-7-15(8-10-17)12-20(28)27-23-21(18-5-1-2-6-19(18)30-23)22(29)26-14-16-4-3-11-25-13-16/h3-4,7-11,13H,1-2,5-6,12,14H2,(H,26,29)(H,27,28). The van der Waals surface area contributed by atoms with E-state index >= 15 is 0 Å². The lowest BCUT2D eigenvalue weighted by atomic mass is 9.95. The normalized spacial score (nSPS) is 12.8. The Balaban J connectivity index is 1.52. The molecule has 5 nitrogen and oxygen atoms in total. The number of halogens is 1. The van der Waals surface area contributed by atoms with Gasteiger partial charge in [-0.3, -0.25) is 14.6 Å². The summed E-state index contributed by atoms with van der Waals surface area (Å²) < 4.78 is 0. The van der Waals surface area contributed by atoms with Crippen LogP contribution in [0, 0.1) is 0 Å². The number of carbonyl (C=O) groups excluding carboxylic acids is 2. The van der Waals surface area contributed by atoms with Crippen LogP contribution in [0.2, 0.25) is 5.02 Å². The third kappa shape index (κ3) is 4.89. The van der Waals surface area contributed by atoms with E-state index in [1.165, 1.54) is 16.2 Å². The van der Waals surface area contributed by atoms with E-state index in [4.69, 9.17) is 11.6 Å². The number of aryl methyl sites for hydroxylation is 1. The summed E-state index contributed by atoms with van der Waals surface area (Å²) in [5.41, 5.74) is 3.50. The van der Waals surface area contributed by atoms with Gasteiger partial charge in [0.25, 0.3) is 5.91 Å². The summed E-state index contributed by atoms with van der Waals surface area (Å²) in [5.74, 6) is -0.294. The maximum Gasteiger partial charge on any atom is 0.254 e. The molecule has 30 heavy (non-hydrogen) atoms. The number of aromatic nitrogens is 1. The molecule has 0 saturated heterocycles. The molecule has 154 valence electrons. The Labute approximate surface area is 184 Å². The molecule has 2 N–H and O–H groups in total. The minimum absolute atomic E-state index is 0.141. The maximum absolute atomic E-state index is 13.1. The molecule has 0 bridgehead atoms. The molecule has 0 fully saturated rings. The molecule has 0 spiro atoms. The number of benzene rings is 1. The summed E-state index contributed by atoms with van der Waals surface area (Å²) >= 11 is 7.45. The first-order valence-corrected chi connectivity index (χ1v) is 11.2. The van der Waals surface area contributed by atoms with Gasteiger partial charge in [0, 0.05) is 28.8 Å². The monoisotopic (exact) mass is 439 g/mol. The summed E-state index contributed by atoms with van der Waals surface area (Å²) in [5, 5.41) is 7.25. The first-order chi connectivity index (χ1) is 14.6. The Morgan fingerprint density at radius 3 is 2.63 bits per heavy atom. The fourth-order valence-electron chi connectivity index (χ4n) is 3.63. The second kappa shape index (κ2) is 9.41. The lowest BCUT2D eigenvalue weighted by molar-refractivity contribution is -0.115. The van der Waals surface area contributed by atoms with Gasteiger partial charge >= 0.3 is 0 Å². The van der Waals surface area contributed by atoms with Crippen molar-refractivity contribution in [1.82, 2.24) is 10.3 Å². The SMILES string of the molecule is O=C(Cc1ccc(Cl)cc1)Nc1sc2c(c1C(=O)NCc1cccnc1)CCCC2. The zero-order valence-corrected chi connectivity index (χ0v) is 18.0. The molecule has 0 saturated carbocycles. The number of hydrogen-bond acceptors (Lipinski definition) is 4. The fourth-order valence-corrected chi connectivity index (χ4v) is 5.05. The van der Waals surface area contributed by atoms with Gasteiger partial charge in [-0.25, -0.2) is 0 Å². The molecule has 1 aliphatic carbocycles. The van der Waals surface area contributed by atoms with Gasteiger partial charge in [0.05, 0.1) is 12.0 Å². The minimum atomic E-state index is -0.153. The number of fused-ring (bicyclic) bond motifs is 1. The van der Waals surface area contributed by atoms with E-state index < -0.39 is 0 Å². The van der Waals surface area contributed by atoms with Crippen molar-refractivity contribution in [2.24, 2.45) is 0 Å². The van der Waals surface area contributed by atoms with Crippen LogP contribution in [-0.2, 0) is 30.6 Å².